The van der Waals surface area contributed by atoms with Crippen LogP contribution in [0.1, 0.15) is 22.3 Å². The van der Waals surface area contributed by atoms with E-state index in [0.717, 1.165) is 29.4 Å². The van der Waals surface area contributed by atoms with Crippen molar-refractivity contribution < 1.29 is 4.79 Å². The van der Waals surface area contributed by atoms with Crippen molar-refractivity contribution in [2.75, 3.05) is 5.33 Å². The van der Waals surface area contributed by atoms with Crippen molar-refractivity contribution in [2.24, 2.45) is 0 Å². The van der Waals surface area contributed by atoms with Crippen LogP contribution in [0.2, 0.25) is 0 Å². The number of hydrogen-bond acceptors (Lipinski definition) is 2. The van der Waals surface area contributed by atoms with Crippen LogP contribution >= 0.6 is 28.6 Å². The molecular formula is C10H11BrOS. The number of carbonyl (C=O) groups is 1. The van der Waals surface area contributed by atoms with E-state index in [1.54, 1.807) is 0 Å². The zero-order chi connectivity index (χ0) is 9.68. The Hall–Kier alpha value is -0.280. The first-order valence-corrected chi connectivity index (χ1v) is 5.68. The van der Waals surface area contributed by atoms with Crippen LogP contribution < -0.4 is 0 Å². The minimum Gasteiger partial charge on any atom is -0.298 e. The molecule has 0 atom stereocenters. The van der Waals surface area contributed by atoms with Crippen LogP contribution in [0.15, 0.2) is 23.1 Å². The second-order valence-electron chi connectivity index (χ2n) is 2.80. The molecule has 1 aromatic rings. The smallest absolute Gasteiger partial charge is 0.151 e. The normalized spacial score (nSPS) is 10.0. The van der Waals surface area contributed by atoms with E-state index in [0.29, 0.717) is 5.56 Å². The zero-order valence-corrected chi connectivity index (χ0v) is 9.64. The van der Waals surface area contributed by atoms with Gasteiger partial charge >= 0.3 is 0 Å². The van der Waals surface area contributed by atoms with Crippen LogP contribution in [0.3, 0.4) is 0 Å². The Labute approximate surface area is 92.1 Å². The van der Waals surface area contributed by atoms with E-state index in [2.05, 4.69) is 28.6 Å². The van der Waals surface area contributed by atoms with E-state index in [9.17, 15) is 4.79 Å². The van der Waals surface area contributed by atoms with Gasteiger partial charge in [0.25, 0.3) is 0 Å². The fraction of sp³-hybridized carbons (Fsp3) is 0.300. The van der Waals surface area contributed by atoms with Gasteiger partial charge in [-0.15, -0.1) is 12.6 Å². The molecule has 0 aliphatic rings. The molecule has 0 heterocycles. The number of aryl methyl sites for hydroxylation is 1. The summed E-state index contributed by atoms with van der Waals surface area (Å²) in [6.07, 6.45) is 2.96. The largest absolute Gasteiger partial charge is 0.298 e. The Morgan fingerprint density at radius 2 is 2.23 bits per heavy atom. The van der Waals surface area contributed by atoms with Crippen LogP contribution in [0.5, 0.6) is 0 Å². The minimum absolute atomic E-state index is 0.658. The summed E-state index contributed by atoms with van der Waals surface area (Å²) in [5, 5.41) is 1.00. The number of thiol groups is 1. The van der Waals surface area contributed by atoms with Crippen LogP contribution in [-0.4, -0.2) is 11.6 Å². The first-order valence-electron chi connectivity index (χ1n) is 4.11. The number of halogens is 1. The second-order valence-corrected chi connectivity index (χ2v) is 4.08. The van der Waals surface area contributed by atoms with E-state index >= 15 is 0 Å². The van der Waals surface area contributed by atoms with Crippen LogP contribution in [-0.2, 0) is 6.42 Å². The third kappa shape index (κ3) is 3.16. The highest BCUT2D eigenvalue weighted by Crippen LogP contribution is 2.15. The van der Waals surface area contributed by atoms with Crippen molar-refractivity contribution in [3.63, 3.8) is 0 Å². The van der Waals surface area contributed by atoms with Gasteiger partial charge in [-0.2, -0.15) is 0 Å². The monoisotopic (exact) mass is 258 g/mol. The van der Waals surface area contributed by atoms with Crippen LogP contribution in [0, 0.1) is 0 Å². The highest BCUT2D eigenvalue weighted by Gasteiger charge is 1.99. The van der Waals surface area contributed by atoms with Crippen molar-refractivity contribution in [3.8, 4) is 0 Å². The van der Waals surface area contributed by atoms with Crippen molar-refractivity contribution in [2.45, 2.75) is 17.7 Å². The summed E-state index contributed by atoms with van der Waals surface area (Å²) in [6.45, 7) is 0. The predicted octanol–water partition coefficient (Wildman–Crippen LogP) is 3.12. The van der Waals surface area contributed by atoms with E-state index in [1.165, 1.54) is 5.56 Å². The topological polar surface area (TPSA) is 17.1 Å². The number of hydrogen-bond donors (Lipinski definition) is 1. The van der Waals surface area contributed by atoms with E-state index < -0.39 is 0 Å². The van der Waals surface area contributed by atoms with E-state index in [-0.39, 0.29) is 0 Å². The van der Waals surface area contributed by atoms with Gasteiger partial charge in [-0.05, 0) is 24.5 Å². The number of benzene rings is 1. The molecule has 0 fully saturated rings. The summed E-state index contributed by atoms with van der Waals surface area (Å²) in [5.41, 5.74) is 1.89. The zero-order valence-electron chi connectivity index (χ0n) is 7.16. The van der Waals surface area contributed by atoms with Gasteiger partial charge in [0.2, 0.25) is 0 Å². The van der Waals surface area contributed by atoms with E-state index in [4.69, 9.17) is 0 Å². The van der Waals surface area contributed by atoms with Crippen molar-refractivity contribution in [1.82, 2.24) is 0 Å². The second kappa shape index (κ2) is 5.45. The summed E-state index contributed by atoms with van der Waals surface area (Å²) in [4.78, 5) is 11.3. The molecule has 0 saturated heterocycles. The molecule has 1 nitrogen and oxygen atoms in total. The molecule has 0 bridgehead atoms. The Balaban J connectivity index is 2.77. The van der Waals surface area contributed by atoms with Crippen molar-refractivity contribution in [3.05, 3.63) is 29.3 Å². The third-order valence-corrected chi connectivity index (χ3v) is 2.77. The fourth-order valence-corrected chi connectivity index (χ4v) is 1.69. The molecule has 0 spiro atoms. The first kappa shape index (κ1) is 10.8. The molecular weight excluding hydrogens is 248 g/mol. The van der Waals surface area contributed by atoms with Gasteiger partial charge in [0.15, 0.2) is 6.29 Å². The Bertz CT molecular complexity index is 299. The molecule has 0 aliphatic heterocycles. The molecule has 1 aromatic carbocycles. The summed E-state index contributed by atoms with van der Waals surface area (Å²) in [7, 11) is 0. The molecule has 0 aliphatic carbocycles. The molecule has 0 aromatic heterocycles. The van der Waals surface area contributed by atoms with Gasteiger partial charge in [-0.3, -0.25) is 4.79 Å². The van der Waals surface area contributed by atoms with Gasteiger partial charge in [-0.1, -0.05) is 28.1 Å². The maximum Gasteiger partial charge on any atom is 0.151 e. The average molecular weight is 259 g/mol. The molecule has 13 heavy (non-hydrogen) atoms. The number of carbonyl (C=O) groups excluding carboxylic acids is 1. The third-order valence-electron chi connectivity index (χ3n) is 1.82. The average Bonchev–Trinajstić information content (AvgIpc) is 2.15. The lowest BCUT2D eigenvalue weighted by molar-refractivity contribution is 0.112. The van der Waals surface area contributed by atoms with Gasteiger partial charge in [0, 0.05) is 15.8 Å². The van der Waals surface area contributed by atoms with Crippen LogP contribution in [0.4, 0.5) is 0 Å². The standard InChI is InChI=1S/C10H11BrOS/c11-5-1-2-8-3-4-9(7-12)10(13)6-8/h3-4,6-7,13H,1-2,5H2. The first-order chi connectivity index (χ1) is 6.27. The lowest BCUT2D eigenvalue weighted by atomic mass is 10.1. The Morgan fingerprint density at radius 3 is 2.77 bits per heavy atom. The molecule has 0 saturated carbocycles. The van der Waals surface area contributed by atoms with Crippen molar-refractivity contribution in [1.29, 1.82) is 0 Å². The summed E-state index contributed by atoms with van der Waals surface area (Å²) >= 11 is 7.61. The number of aldehydes is 1. The van der Waals surface area contributed by atoms with Gasteiger partial charge < -0.3 is 0 Å². The minimum atomic E-state index is 0.658. The fourth-order valence-electron chi connectivity index (χ4n) is 1.12. The SMILES string of the molecule is O=Cc1ccc(CCCBr)cc1S. The highest BCUT2D eigenvalue weighted by atomic mass is 79.9. The summed E-state index contributed by atoms with van der Waals surface area (Å²) < 4.78 is 0. The quantitative estimate of drug-likeness (QED) is 0.499. The Morgan fingerprint density at radius 1 is 1.46 bits per heavy atom. The molecule has 0 amide bonds. The van der Waals surface area contributed by atoms with Crippen molar-refractivity contribution >= 4 is 34.8 Å². The summed E-state index contributed by atoms with van der Waals surface area (Å²) in [6, 6.07) is 5.75. The Kier molecular flexibility index (Phi) is 4.53. The summed E-state index contributed by atoms with van der Waals surface area (Å²) in [5.74, 6) is 0. The molecule has 1 rings (SSSR count). The molecule has 70 valence electrons. The van der Waals surface area contributed by atoms with Gasteiger partial charge in [-0.25, -0.2) is 0 Å². The van der Waals surface area contributed by atoms with Crippen LogP contribution in [0.25, 0.3) is 0 Å². The van der Waals surface area contributed by atoms with Gasteiger partial charge in [0.1, 0.15) is 0 Å². The highest BCUT2D eigenvalue weighted by molar-refractivity contribution is 9.09. The number of alkyl halides is 1. The maximum atomic E-state index is 10.5. The molecule has 3 heteroatoms. The van der Waals surface area contributed by atoms with E-state index in [1.807, 2.05) is 18.2 Å². The number of rotatable bonds is 4. The van der Waals surface area contributed by atoms with Gasteiger partial charge in [0.05, 0.1) is 0 Å². The molecule has 0 N–H and O–H groups in total. The molecule has 0 unspecified atom stereocenters. The molecule has 0 radical (unpaired) electrons. The maximum absolute atomic E-state index is 10.5. The lowest BCUT2D eigenvalue weighted by Gasteiger charge is -2.02. The predicted molar refractivity (Wildman–Crippen MR) is 61.2 cm³/mol. The lowest BCUT2D eigenvalue weighted by Crippen LogP contribution is -1.89.